The van der Waals surface area contributed by atoms with E-state index in [0.29, 0.717) is 22.8 Å². The second-order valence-electron chi connectivity index (χ2n) is 16.3. The molecule has 1 heterocycles. The molecule has 4 aliphatic rings. The van der Waals surface area contributed by atoms with Crippen molar-refractivity contribution in [3.05, 3.63) is 35.4 Å². The fraction of sp³-hybridized carbons (Fsp3) is 0.718. The molecule has 8 nitrogen and oxygen atoms in total. The van der Waals surface area contributed by atoms with E-state index in [1.807, 2.05) is 32.0 Å². The van der Waals surface area contributed by atoms with E-state index >= 15 is 0 Å². The lowest BCUT2D eigenvalue weighted by Crippen LogP contribution is -2.61. The maximum Gasteiger partial charge on any atom is 0.312 e. The second kappa shape index (κ2) is 12.8. The first-order valence-corrected chi connectivity index (χ1v) is 17.9. The van der Waals surface area contributed by atoms with Crippen molar-refractivity contribution in [1.29, 1.82) is 0 Å². The highest BCUT2D eigenvalue weighted by molar-refractivity contribution is 5.89. The number of rotatable bonds is 7. The molecule has 3 aliphatic carbocycles. The summed E-state index contributed by atoms with van der Waals surface area (Å²) in [5.74, 6) is 1.61. The number of carbonyl (C=O) groups is 1. The first-order valence-electron chi connectivity index (χ1n) is 17.9. The molecule has 0 spiro atoms. The van der Waals surface area contributed by atoms with Gasteiger partial charge in [-0.05, 0) is 116 Å². The molecule has 2 aromatic carbocycles. The average molecular weight is 653 g/mol. The Balaban J connectivity index is 1.23. The molecule has 47 heavy (non-hydrogen) atoms. The van der Waals surface area contributed by atoms with Crippen molar-refractivity contribution in [2.45, 2.75) is 130 Å². The first kappa shape index (κ1) is 34.5. The number of benzene rings is 2. The molecule has 260 valence electrons. The molecular formula is C39H56O8. The number of aliphatic hydroxyl groups excluding tert-OH is 3. The predicted octanol–water partition coefficient (Wildman–Crippen LogP) is 6.63. The van der Waals surface area contributed by atoms with Crippen LogP contribution in [0, 0.1) is 47.8 Å². The number of hydrogen-bond acceptors (Lipinski definition) is 8. The Labute approximate surface area is 280 Å². The third-order valence-corrected chi connectivity index (χ3v) is 13.0. The summed E-state index contributed by atoms with van der Waals surface area (Å²) in [6, 6.07) is 7.85. The van der Waals surface area contributed by atoms with Gasteiger partial charge in [0, 0.05) is 0 Å². The van der Waals surface area contributed by atoms with Crippen molar-refractivity contribution in [2.75, 3.05) is 13.7 Å². The fourth-order valence-corrected chi connectivity index (χ4v) is 10.2. The van der Waals surface area contributed by atoms with E-state index in [0.717, 1.165) is 79.7 Å². The molecule has 0 aromatic heterocycles. The minimum atomic E-state index is -1.56. The van der Waals surface area contributed by atoms with Crippen LogP contribution in [0.4, 0.5) is 0 Å². The Morgan fingerprint density at radius 2 is 1.70 bits per heavy atom. The summed E-state index contributed by atoms with van der Waals surface area (Å²) in [5, 5.41) is 34.8. The lowest BCUT2D eigenvalue weighted by atomic mass is 9.42. The van der Waals surface area contributed by atoms with Crippen LogP contribution < -0.4 is 9.47 Å². The van der Waals surface area contributed by atoms with E-state index in [-0.39, 0.29) is 29.8 Å². The minimum absolute atomic E-state index is 0.0316. The van der Waals surface area contributed by atoms with Gasteiger partial charge in [-0.3, -0.25) is 4.79 Å². The van der Waals surface area contributed by atoms with Gasteiger partial charge in [-0.1, -0.05) is 58.2 Å². The highest BCUT2D eigenvalue weighted by atomic mass is 16.7. The minimum Gasteiger partial charge on any atom is -0.493 e. The van der Waals surface area contributed by atoms with Crippen molar-refractivity contribution >= 4 is 16.7 Å². The third-order valence-electron chi connectivity index (χ3n) is 13.0. The van der Waals surface area contributed by atoms with Crippen molar-refractivity contribution in [2.24, 2.45) is 34.0 Å². The molecule has 0 unspecified atom stereocenters. The summed E-state index contributed by atoms with van der Waals surface area (Å²) < 4.78 is 24.1. The molecule has 6 rings (SSSR count). The van der Waals surface area contributed by atoms with Crippen LogP contribution in [-0.2, 0) is 14.3 Å². The third kappa shape index (κ3) is 6.06. The Morgan fingerprint density at radius 1 is 0.936 bits per heavy atom. The molecule has 4 fully saturated rings. The van der Waals surface area contributed by atoms with E-state index < -0.39 is 36.1 Å². The first-order chi connectivity index (χ1) is 22.2. The maximum atomic E-state index is 14.5. The van der Waals surface area contributed by atoms with Crippen molar-refractivity contribution in [1.82, 2.24) is 0 Å². The number of hydrogen-bond donors (Lipinski definition) is 3. The van der Waals surface area contributed by atoms with Gasteiger partial charge in [-0.25, -0.2) is 0 Å². The van der Waals surface area contributed by atoms with Gasteiger partial charge < -0.3 is 34.3 Å². The average Bonchev–Trinajstić information content (AvgIpc) is 3.03. The molecule has 3 saturated carbocycles. The lowest BCUT2D eigenvalue weighted by Gasteiger charge is -2.61. The number of aryl methyl sites for hydroxylation is 2. The van der Waals surface area contributed by atoms with Crippen LogP contribution in [-0.4, -0.2) is 65.7 Å². The Hall–Kier alpha value is -2.39. The number of esters is 1. The number of aliphatic hydroxyl groups is 3. The van der Waals surface area contributed by atoms with Crippen LogP contribution in [0.15, 0.2) is 24.3 Å². The van der Waals surface area contributed by atoms with Gasteiger partial charge >= 0.3 is 5.97 Å². The normalized spacial score (nSPS) is 38.3. The summed E-state index contributed by atoms with van der Waals surface area (Å²) in [4.78, 5) is 14.5. The number of ether oxygens (including phenoxy) is 4. The van der Waals surface area contributed by atoms with E-state index in [9.17, 15) is 20.1 Å². The monoisotopic (exact) mass is 652 g/mol. The van der Waals surface area contributed by atoms with Crippen molar-refractivity contribution in [3.63, 3.8) is 0 Å². The number of methoxy groups -OCH3 is 1. The zero-order chi connectivity index (χ0) is 33.9. The SMILES string of the molecule is CC[C@@]1(C)CC[C@H]2[C@@H](CC[C@H]3C(C)(C)CCC[C@@]23C(=O)OC[C@@H]2O[C@H](Oc3cc4cc(C)cc(C)c4cc3OC)[C@@H](O)[C@H](O)[C@H]2O)C1. The summed E-state index contributed by atoms with van der Waals surface area (Å²) in [6.45, 7) is 13.1. The summed E-state index contributed by atoms with van der Waals surface area (Å²) in [6.07, 6.45) is 2.61. The Morgan fingerprint density at radius 3 is 2.43 bits per heavy atom. The fourth-order valence-electron chi connectivity index (χ4n) is 10.2. The van der Waals surface area contributed by atoms with Crippen molar-refractivity contribution in [3.8, 4) is 11.5 Å². The topological polar surface area (TPSA) is 115 Å². The maximum absolute atomic E-state index is 14.5. The molecule has 2 aromatic rings. The van der Waals surface area contributed by atoms with Gasteiger partial charge in [0.2, 0.25) is 6.29 Å². The molecule has 0 amide bonds. The molecule has 0 radical (unpaired) electrons. The van der Waals surface area contributed by atoms with Crippen LogP contribution in [0.25, 0.3) is 10.8 Å². The standard InChI is InChI=1S/C39H56O8/c1-8-38(6)15-12-27-24(20-38)10-11-31-37(4,5)13-9-14-39(27,31)36(43)45-21-30-32(40)33(41)34(42)35(47-30)46-29-18-25-17-22(2)16-23(3)26(25)19-28(29)44-7/h16-19,24,27,30-35,40-42H,8-15,20-21H2,1-7H3/t24-,27-,30-,31-,32-,33+,34-,35-,38-,39+/m0/s1. The van der Waals surface area contributed by atoms with Crippen molar-refractivity contribution < 1.29 is 39.1 Å². The van der Waals surface area contributed by atoms with Gasteiger partial charge in [-0.2, -0.15) is 0 Å². The van der Waals surface area contributed by atoms with Crippen LogP contribution in [0.1, 0.15) is 96.6 Å². The Bertz CT molecular complexity index is 1470. The van der Waals surface area contributed by atoms with E-state index in [2.05, 4.69) is 33.8 Å². The van der Waals surface area contributed by atoms with Crippen LogP contribution in [0.3, 0.4) is 0 Å². The highest BCUT2D eigenvalue weighted by Crippen LogP contribution is 2.66. The van der Waals surface area contributed by atoms with Crippen LogP contribution >= 0.6 is 0 Å². The quantitative estimate of drug-likeness (QED) is 0.286. The van der Waals surface area contributed by atoms with Crippen LogP contribution in [0.2, 0.25) is 0 Å². The van der Waals surface area contributed by atoms with Gasteiger partial charge in [0.1, 0.15) is 31.0 Å². The highest BCUT2D eigenvalue weighted by Gasteiger charge is 2.63. The van der Waals surface area contributed by atoms with E-state index in [1.165, 1.54) is 0 Å². The lowest BCUT2D eigenvalue weighted by molar-refractivity contribution is -0.280. The van der Waals surface area contributed by atoms with Gasteiger partial charge in [-0.15, -0.1) is 0 Å². The summed E-state index contributed by atoms with van der Waals surface area (Å²) in [7, 11) is 1.54. The van der Waals surface area contributed by atoms with Gasteiger partial charge in [0.15, 0.2) is 11.5 Å². The molecule has 3 N–H and O–H groups in total. The summed E-state index contributed by atoms with van der Waals surface area (Å²) >= 11 is 0. The van der Waals surface area contributed by atoms with E-state index in [4.69, 9.17) is 18.9 Å². The zero-order valence-electron chi connectivity index (χ0n) is 29.4. The Kier molecular flexibility index (Phi) is 9.40. The largest absolute Gasteiger partial charge is 0.493 e. The molecule has 8 heteroatoms. The molecule has 0 bridgehead atoms. The molecular weight excluding hydrogens is 596 g/mol. The number of carbonyl (C=O) groups excluding carboxylic acids is 1. The smallest absolute Gasteiger partial charge is 0.312 e. The zero-order valence-corrected chi connectivity index (χ0v) is 29.4. The molecule has 1 saturated heterocycles. The van der Waals surface area contributed by atoms with Gasteiger partial charge in [0.05, 0.1) is 12.5 Å². The van der Waals surface area contributed by atoms with Crippen LogP contribution in [0.5, 0.6) is 11.5 Å². The van der Waals surface area contributed by atoms with Gasteiger partial charge in [0.25, 0.3) is 0 Å². The van der Waals surface area contributed by atoms with E-state index in [1.54, 1.807) is 7.11 Å². The molecule has 10 atom stereocenters. The number of fused-ring (bicyclic) bond motifs is 4. The summed E-state index contributed by atoms with van der Waals surface area (Å²) in [5.41, 5.74) is 1.98. The predicted molar refractivity (Wildman–Crippen MR) is 180 cm³/mol. The molecule has 1 aliphatic heterocycles. The second-order valence-corrected chi connectivity index (χ2v) is 16.3.